The van der Waals surface area contributed by atoms with Gasteiger partial charge in [-0.15, -0.1) is 0 Å². The zero-order valence-corrected chi connectivity index (χ0v) is 14.3. The molecule has 1 saturated heterocycles. The summed E-state index contributed by atoms with van der Waals surface area (Å²) in [6.45, 7) is 5.73. The van der Waals surface area contributed by atoms with Crippen molar-refractivity contribution >= 4 is 5.91 Å². The van der Waals surface area contributed by atoms with Crippen molar-refractivity contribution in [2.45, 2.75) is 38.6 Å². The van der Waals surface area contributed by atoms with E-state index in [-0.39, 0.29) is 11.9 Å². The molecule has 0 radical (unpaired) electrons. The van der Waals surface area contributed by atoms with Gasteiger partial charge in [0.05, 0.1) is 11.8 Å². The van der Waals surface area contributed by atoms with Gasteiger partial charge in [-0.05, 0) is 33.7 Å². The third-order valence-electron chi connectivity index (χ3n) is 4.99. The van der Waals surface area contributed by atoms with Crippen LogP contribution in [0.2, 0.25) is 0 Å². The Morgan fingerprint density at radius 1 is 1.29 bits per heavy atom. The normalized spacial score (nSPS) is 22.1. The molecule has 1 aliphatic heterocycles. The summed E-state index contributed by atoms with van der Waals surface area (Å²) in [5.41, 5.74) is 1.55. The number of carbonyl (C=O) groups excluding carboxylic acids is 1. The monoisotopic (exact) mass is 330 g/mol. The second-order valence-corrected chi connectivity index (χ2v) is 6.86. The Labute approximate surface area is 140 Å². The zero-order valence-electron chi connectivity index (χ0n) is 14.3. The van der Waals surface area contributed by atoms with Gasteiger partial charge in [0.1, 0.15) is 11.8 Å². The fraction of sp³-hybridized carbons (Fsp3) is 0.588. The first kappa shape index (κ1) is 15.4. The fourth-order valence-electron chi connectivity index (χ4n) is 3.26. The van der Waals surface area contributed by atoms with Crippen LogP contribution in [0.1, 0.15) is 58.2 Å². The number of likely N-dealkylation sites (N-methyl/N-ethyl adjacent to an activating group) is 1. The number of amides is 1. The predicted octanol–water partition coefficient (Wildman–Crippen LogP) is 2.29. The minimum absolute atomic E-state index is 0.0128. The summed E-state index contributed by atoms with van der Waals surface area (Å²) in [7, 11) is 2.03. The Morgan fingerprint density at radius 3 is 2.75 bits per heavy atom. The number of piperazine rings is 1. The maximum atomic E-state index is 12.9. The molecule has 24 heavy (non-hydrogen) atoms. The minimum Gasteiger partial charge on any atom is -0.469 e. The Morgan fingerprint density at radius 2 is 2.08 bits per heavy atom. The molecule has 7 nitrogen and oxygen atoms in total. The molecular formula is C17H22N4O3. The predicted molar refractivity (Wildman–Crippen MR) is 85.7 cm³/mol. The molecule has 0 bridgehead atoms. The van der Waals surface area contributed by atoms with E-state index in [0.29, 0.717) is 36.2 Å². The molecule has 3 heterocycles. The number of aryl methyl sites for hydroxylation is 2. The number of hydrogen-bond acceptors (Lipinski definition) is 6. The second kappa shape index (κ2) is 5.73. The van der Waals surface area contributed by atoms with Gasteiger partial charge in [-0.25, -0.2) is 0 Å². The lowest BCUT2D eigenvalue weighted by atomic mass is 10.1. The van der Waals surface area contributed by atoms with E-state index in [1.165, 1.54) is 0 Å². The van der Waals surface area contributed by atoms with Gasteiger partial charge in [0.2, 0.25) is 5.89 Å². The molecule has 1 saturated carbocycles. The van der Waals surface area contributed by atoms with Gasteiger partial charge in [0, 0.05) is 31.1 Å². The van der Waals surface area contributed by atoms with Crippen LogP contribution in [0.4, 0.5) is 0 Å². The van der Waals surface area contributed by atoms with E-state index in [4.69, 9.17) is 8.94 Å². The summed E-state index contributed by atoms with van der Waals surface area (Å²) in [6.07, 6.45) is 3.92. The van der Waals surface area contributed by atoms with E-state index in [1.54, 1.807) is 6.26 Å². The minimum atomic E-state index is -0.0600. The van der Waals surface area contributed by atoms with Crippen LogP contribution in [0.25, 0.3) is 0 Å². The number of hydrogen-bond donors (Lipinski definition) is 0. The standard InChI is InChI=1S/C17H22N4O3/c1-10-9-23-11(2)14(10)17(22)21-7-6-20(3)13(8-21)16-18-15(19-24-16)12-4-5-12/h9,12-13H,4-8H2,1-3H3/t13-/m1/s1. The fourth-order valence-corrected chi connectivity index (χ4v) is 3.26. The van der Waals surface area contributed by atoms with Crippen molar-refractivity contribution in [3.05, 3.63) is 34.9 Å². The second-order valence-electron chi connectivity index (χ2n) is 6.86. The van der Waals surface area contributed by atoms with Crippen LogP contribution >= 0.6 is 0 Å². The Balaban J connectivity index is 1.54. The van der Waals surface area contributed by atoms with Crippen molar-refractivity contribution in [2.75, 3.05) is 26.7 Å². The SMILES string of the molecule is Cc1coc(C)c1C(=O)N1CCN(C)[C@@H](c2nc(C3CC3)no2)C1. The Hall–Kier alpha value is -2.15. The maximum Gasteiger partial charge on any atom is 0.257 e. The molecule has 0 unspecified atom stereocenters. The third kappa shape index (κ3) is 2.62. The summed E-state index contributed by atoms with van der Waals surface area (Å²) >= 11 is 0. The van der Waals surface area contributed by atoms with E-state index in [2.05, 4.69) is 15.0 Å². The first-order valence-electron chi connectivity index (χ1n) is 8.42. The van der Waals surface area contributed by atoms with Crippen molar-refractivity contribution in [2.24, 2.45) is 0 Å². The highest BCUT2D eigenvalue weighted by Crippen LogP contribution is 2.39. The molecule has 7 heteroatoms. The van der Waals surface area contributed by atoms with Gasteiger partial charge in [-0.1, -0.05) is 5.16 Å². The molecule has 1 atom stereocenters. The molecule has 0 aromatic carbocycles. The van der Waals surface area contributed by atoms with Crippen LogP contribution < -0.4 is 0 Å². The van der Waals surface area contributed by atoms with Crippen LogP contribution in [0.5, 0.6) is 0 Å². The summed E-state index contributed by atoms with van der Waals surface area (Å²) in [5, 5.41) is 4.10. The highest BCUT2D eigenvalue weighted by atomic mass is 16.5. The molecule has 1 amide bonds. The molecule has 2 aliphatic rings. The molecule has 0 N–H and O–H groups in total. The molecule has 1 aliphatic carbocycles. The van der Waals surface area contributed by atoms with Crippen LogP contribution in [0.15, 0.2) is 15.2 Å². The number of nitrogens with zero attached hydrogens (tertiary/aromatic N) is 4. The summed E-state index contributed by atoms with van der Waals surface area (Å²) in [5.74, 6) is 2.56. The molecule has 128 valence electrons. The van der Waals surface area contributed by atoms with Crippen molar-refractivity contribution in [1.82, 2.24) is 19.9 Å². The Kier molecular flexibility index (Phi) is 3.68. The van der Waals surface area contributed by atoms with E-state index < -0.39 is 0 Å². The average Bonchev–Trinajstić information content (AvgIpc) is 3.21. The van der Waals surface area contributed by atoms with Crippen LogP contribution in [-0.4, -0.2) is 52.5 Å². The van der Waals surface area contributed by atoms with Crippen LogP contribution in [0, 0.1) is 13.8 Å². The molecular weight excluding hydrogens is 308 g/mol. The van der Waals surface area contributed by atoms with Gasteiger partial charge in [-0.2, -0.15) is 4.98 Å². The number of aromatic nitrogens is 2. The lowest BCUT2D eigenvalue weighted by molar-refractivity contribution is 0.0487. The zero-order chi connectivity index (χ0) is 16.8. The van der Waals surface area contributed by atoms with Crippen molar-refractivity contribution in [3.63, 3.8) is 0 Å². The van der Waals surface area contributed by atoms with Gasteiger partial charge in [0.15, 0.2) is 5.82 Å². The van der Waals surface area contributed by atoms with E-state index in [1.807, 2.05) is 25.8 Å². The molecule has 0 spiro atoms. The highest BCUT2D eigenvalue weighted by Gasteiger charge is 2.35. The van der Waals surface area contributed by atoms with Crippen molar-refractivity contribution in [3.8, 4) is 0 Å². The molecule has 2 aromatic rings. The summed E-state index contributed by atoms with van der Waals surface area (Å²) < 4.78 is 10.9. The van der Waals surface area contributed by atoms with Crippen LogP contribution in [0.3, 0.4) is 0 Å². The van der Waals surface area contributed by atoms with Crippen molar-refractivity contribution in [1.29, 1.82) is 0 Å². The molecule has 4 rings (SSSR count). The van der Waals surface area contributed by atoms with Gasteiger partial charge < -0.3 is 13.8 Å². The lowest BCUT2D eigenvalue weighted by Gasteiger charge is -2.37. The van der Waals surface area contributed by atoms with Gasteiger partial charge in [-0.3, -0.25) is 9.69 Å². The Bertz CT molecular complexity index is 742. The van der Waals surface area contributed by atoms with E-state index >= 15 is 0 Å². The summed E-state index contributed by atoms with van der Waals surface area (Å²) in [6, 6.07) is -0.0600. The van der Waals surface area contributed by atoms with Crippen LogP contribution in [-0.2, 0) is 0 Å². The summed E-state index contributed by atoms with van der Waals surface area (Å²) in [4.78, 5) is 21.5. The average molecular weight is 330 g/mol. The number of rotatable bonds is 3. The van der Waals surface area contributed by atoms with E-state index in [9.17, 15) is 4.79 Å². The molecule has 2 fully saturated rings. The topological polar surface area (TPSA) is 75.6 Å². The first-order chi connectivity index (χ1) is 11.5. The van der Waals surface area contributed by atoms with Gasteiger partial charge in [0.25, 0.3) is 5.91 Å². The quantitative estimate of drug-likeness (QED) is 0.859. The third-order valence-corrected chi connectivity index (χ3v) is 4.99. The largest absolute Gasteiger partial charge is 0.469 e. The maximum absolute atomic E-state index is 12.9. The lowest BCUT2D eigenvalue weighted by Crippen LogP contribution is -2.49. The first-order valence-corrected chi connectivity index (χ1v) is 8.42. The van der Waals surface area contributed by atoms with Crippen molar-refractivity contribution < 1.29 is 13.7 Å². The number of furan rings is 1. The van der Waals surface area contributed by atoms with Gasteiger partial charge >= 0.3 is 0 Å². The van der Waals surface area contributed by atoms with E-state index in [0.717, 1.165) is 30.8 Å². The highest BCUT2D eigenvalue weighted by molar-refractivity contribution is 5.96. The number of carbonyl (C=O) groups is 1. The smallest absolute Gasteiger partial charge is 0.257 e. The molecule has 2 aromatic heterocycles.